The Hall–Kier alpha value is -1.57. The van der Waals surface area contributed by atoms with Gasteiger partial charge in [-0.2, -0.15) is 0 Å². The fraction of sp³-hybridized carbons (Fsp3) is 0.500. The minimum Gasteiger partial charge on any atom is -0.463 e. The molecule has 0 unspecified atom stereocenters. The van der Waals surface area contributed by atoms with Crippen LogP contribution in [0.4, 0.5) is 0 Å². The molecule has 0 aliphatic heterocycles. The number of aryl methyl sites for hydroxylation is 1. The van der Waals surface area contributed by atoms with Crippen LogP contribution < -0.4 is 0 Å². The minimum atomic E-state index is -0.285. The van der Waals surface area contributed by atoms with Gasteiger partial charge in [-0.1, -0.05) is 56.9 Å². The molecule has 1 aromatic carbocycles. The van der Waals surface area contributed by atoms with Crippen LogP contribution in [-0.2, 0) is 16.0 Å². The van der Waals surface area contributed by atoms with Crippen LogP contribution in [-0.4, -0.2) is 12.6 Å². The van der Waals surface area contributed by atoms with Gasteiger partial charge in [0.05, 0.1) is 6.61 Å². The summed E-state index contributed by atoms with van der Waals surface area (Å²) in [7, 11) is 0. The second-order valence-corrected chi connectivity index (χ2v) is 4.99. The average Bonchev–Trinajstić information content (AvgIpc) is 2.46. The Bertz CT molecular complexity index is 404. The Kier molecular flexibility index (Phi) is 8.44. The number of ether oxygens (including phenoxy) is 1. The number of hydrogen-bond donors (Lipinski definition) is 0. The number of hydrogen-bond acceptors (Lipinski definition) is 2. The predicted molar refractivity (Wildman–Crippen MR) is 84.6 cm³/mol. The number of carbonyl (C=O) groups excluding carboxylic acids is 1. The largest absolute Gasteiger partial charge is 0.463 e. The maximum absolute atomic E-state index is 11.2. The van der Waals surface area contributed by atoms with Gasteiger partial charge in [-0.05, 0) is 37.0 Å². The smallest absolute Gasteiger partial charge is 0.330 e. The third-order valence-electron chi connectivity index (χ3n) is 3.25. The molecule has 0 bridgehead atoms. The summed E-state index contributed by atoms with van der Waals surface area (Å²) in [5, 5.41) is 0. The van der Waals surface area contributed by atoms with Gasteiger partial charge in [-0.25, -0.2) is 4.79 Å². The summed E-state index contributed by atoms with van der Waals surface area (Å²) in [6.45, 7) is 4.46. The molecule has 1 aromatic rings. The molecule has 0 aliphatic rings. The lowest BCUT2D eigenvalue weighted by molar-refractivity contribution is -0.137. The molecule has 0 atom stereocenters. The van der Waals surface area contributed by atoms with Gasteiger partial charge in [-0.3, -0.25) is 0 Å². The van der Waals surface area contributed by atoms with Gasteiger partial charge < -0.3 is 4.74 Å². The first-order valence-electron chi connectivity index (χ1n) is 7.70. The molecule has 0 amide bonds. The Morgan fingerprint density at radius 1 is 1.05 bits per heavy atom. The second kappa shape index (κ2) is 10.2. The third kappa shape index (κ3) is 7.13. The fourth-order valence-electron chi connectivity index (χ4n) is 2.08. The molecule has 110 valence electrons. The highest BCUT2D eigenvalue weighted by atomic mass is 16.5. The number of rotatable bonds is 9. The fourth-order valence-corrected chi connectivity index (χ4v) is 2.08. The van der Waals surface area contributed by atoms with Crippen LogP contribution in [0.1, 0.15) is 57.1 Å². The lowest BCUT2D eigenvalue weighted by Crippen LogP contribution is -1.98. The summed E-state index contributed by atoms with van der Waals surface area (Å²) in [5.41, 5.74) is 2.41. The van der Waals surface area contributed by atoms with Gasteiger partial charge >= 0.3 is 5.97 Å². The van der Waals surface area contributed by atoms with Crippen LogP contribution >= 0.6 is 0 Å². The number of carbonyl (C=O) groups is 1. The van der Waals surface area contributed by atoms with Crippen LogP contribution in [0.3, 0.4) is 0 Å². The van der Waals surface area contributed by atoms with E-state index in [0.717, 1.165) is 12.0 Å². The zero-order chi connectivity index (χ0) is 14.6. The van der Waals surface area contributed by atoms with Gasteiger partial charge in [0.2, 0.25) is 0 Å². The molecule has 1 rings (SSSR count). The van der Waals surface area contributed by atoms with Gasteiger partial charge in [0.1, 0.15) is 0 Å². The van der Waals surface area contributed by atoms with Gasteiger partial charge in [-0.15, -0.1) is 0 Å². The normalized spacial score (nSPS) is 10.9. The Morgan fingerprint density at radius 3 is 2.40 bits per heavy atom. The van der Waals surface area contributed by atoms with Crippen molar-refractivity contribution in [2.75, 3.05) is 6.61 Å². The quantitative estimate of drug-likeness (QED) is 0.368. The van der Waals surface area contributed by atoms with Crippen molar-refractivity contribution in [2.24, 2.45) is 0 Å². The Morgan fingerprint density at radius 2 is 1.75 bits per heavy atom. The summed E-state index contributed by atoms with van der Waals surface area (Å²) in [6, 6.07) is 8.39. The zero-order valence-corrected chi connectivity index (χ0v) is 12.7. The lowest BCUT2D eigenvalue weighted by atomic mass is 10.0. The summed E-state index contributed by atoms with van der Waals surface area (Å²) in [5.74, 6) is -0.285. The molecule has 0 fully saturated rings. The van der Waals surface area contributed by atoms with Crippen molar-refractivity contribution in [1.82, 2.24) is 0 Å². The molecular formula is C18H26O2. The Balaban J connectivity index is 2.34. The van der Waals surface area contributed by atoms with Crippen molar-refractivity contribution in [3.8, 4) is 0 Å². The highest BCUT2D eigenvalue weighted by molar-refractivity contribution is 5.86. The summed E-state index contributed by atoms with van der Waals surface area (Å²) < 4.78 is 4.85. The molecule has 2 heteroatoms. The summed E-state index contributed by atoms with van der Waals surface area (Å²) in [6.07, 6.45) is 11.0. The first-order valence-corrected chi connectivity index (χ1v) is 7.70. The molecule has 0 heterocycles. The van der Waals surface area contributed by atoms with E-state index < -0.39 is 0 Å². The first-order chi connectivity index (χ1) is 9.76. The van der Waals surface area contributed by atoms with E-state index >= 15 is 0 Å². The number of benzene rings is 1. The van der Waals surface area contributed by atoms with Gasteiger partial charge in [0, 0.05) is 6.08 Å². The van der Waals surface area contributed by atoms with Crippen LogP contribution in [0.5, 0.6) is 0 Å². The predicted octanol–water partition coefficient (Wildman–Crippen LogP) is 4.78. The molecule has 2 nitrogen and oxygen atoms in total. The molecule has 0 saturated heterocycles. The Labute approximate surface area is 122 Å². The molecule has 0 aromatic heterocycles. The van der Waals surface area contributed by atoms with Crippen molar-refractivity contribution >= 4 is 12.0 Å². The van der Waals surface area contributed by atoms with Crippen molar-refractivity contribution in [1.29, 1.82) is 0 Å². The topological polar surface area (TPSA) is 26.3 Å². The SMILES string of the molecule is CCCCCCCc1ccc(/C=C/C(=O)OCC)cc1. The molecule has 0 radical (unpaired) electrons. The van der Waals surface area contributed by atoms with Crippen LogP contribution in [0, 0.1) is 0 Å². The summed E-state index contributed by atoms with van der Waals surface area (Å²) >= 11 is 0. The van der Waals surface area contributed by atoms with E-state index in [4.69, 9.17) is 4.74 Å². The zero-order valence-electron chi connectivity index (χ0n) is 12.7. The van der Waals surface area contributed by atoms with E-state index in [1.807, 2.05) is 0 Å². The average molecular weight is 274 g/mol. The van der Waals surface area contributed by atoms with E-state index in [1.165, 1.54) is 43.7 Å². The van der Waals surface area contributed by atoms with Gasteiger partial charge in [0.15, 0.2) is 0 Å². The van der Waals surface area contributed by atoms with E-state index in [-0.39, 0.29) is 5.97 Å². The first kappa shape index (κ1) is 16.5. The molecule has 0 aliphatic carbocycles. The van der Waals surface area contributed by atoms with Crippen LogP contribution in [0.2, 0.25) is 0 Å². The molecule has 0 spiro atoms. The second-order valence-electron chi connectivity index (χ2n) is 4.99. The molecule has 0 saturated carbocycles. The van der Waals surface area contributed by atoms with Crippen molar-refractivity contribution in [2.45, 2.75) is 52.4 Å². The molecule has 0 N–H and O–H groups in total. The third-order valence-corrected chi connectivity index (χ3v) is 3.25. The standard InChI is InChI=1S/C18H26O2/c1-3-5-6-7-8-9-16-10-12-17(13-11-16)14-15-18(19)20-4-2/h10-15H,3-9H2,1-2H3/b15-14+. The number of esters is 1. The highest BCUT2D eigenvalue weighted by Crippen LogP contribution is 2.11. The highest BCUT2D eigenvalue weighted by Gasteiger charge is 1.96. The molecule has 20 heavy (non-hydrogen) atoms. The van der Waals surface area contributed by atoms with Gasteiger partial charge in [0.25, 0.3) is 0 Å². The maximum Gasteiger partial charge on any atom is 0.330 e. The lowest BCUT2D eigenvalue weighted by Gasteiger charge is -2.02. The van der Waals surface area contributed by atoms with Crippen molar-refractivity contribution < 1.29 is 9.53 Å². The monoisotopic (exact) mass is 274 g/mol. The van der Waals surface area contributed by atoms with E-state index in [2.05, 4.69) is 31.2 Å². The van der Waals surface area contributed by atoms with E-state index in [0.29, 0.717) is 6.61 Å². The number of unbranched alkanes of at least 4 members (excludes halogenated alkanes) is 4. The minimum absolute atomic E-state index is 0.285. The van der Waals surface area contributed by atoms with E-state index in [9.17, 15) is 4.79 Å². The molecular weight excluding hydrogens is 248 g/mol. The van der Waals surface area contributed by atoms with E-state index in [1.54, 1.807) is 13.0 Å². The van der Waals surface area contributed by atoms with Crippen molar-refractivity contribution in [3.05, 3.63) is 41.5 Å². The summed E-state index contributed by atoms with van der Waals surface area (Å²) in [4.78, 5) is 11.2. The maximum atomic E-state index is 11.2. The van der Waals surface area contributed by atoms with Crippen LogP contribution in [0.15, 0.2) is 30.3 Å². The van der Waals surface area contributed by atoms with Crippen LogP contribution in [0.25, 0.3) is 6.08 Å². The van der Waals surface area contributed by atoms with Crippen molar-refractivity contribution in [3.63, 3.8) is 0 Å².